The van der Waals surface area contributed by atoms with Gasteiger partial charge in [-0.3, -0.25) is 4.79 Å². The zero-order chi connectivity index (χ0) is 17.6. The van der Waals surface area contributed by atoms with Crippen molar-refractivity contribution in [2.75, 3.05) is 27.2 Å². The van der Waals surface area contributed by atoms with E-state index in [1.807, 2.05) is 79.7 Å². The molecule has 0 aliphatic rings. The summed E-state index contributed by atoms with van der Waals surface area (Å²) >= 11 is 0. The third-order valence-electron chi connectivity index (χ3n) is 3.87. The van der Waals surface area contributed by atoms with Gasteiger partial charge in [0.05, 0.1) is 11.3 Å². The van der Waals surface area contributed by atoms with Crippen molar-refractivity contribution in [2.24, 2.45) is 0 Å². The smallest absolute Gasteiger partial charge is 0.255 e. The van der Waals surface area contributed by atoms with Gasteiger partial charge in [0.1, 0.15) is 5.69 Å². The van der Waals surface area contributed by atoms with Gasteiger partial charge in [0, 0.05) is 24.8 Å². The van der Waals surface area contributed by atoms with E-state index < -0.39 is 0 Å². The topological polar surface area (TPSA) is 50.2 Å². The van der Waals surface area contributed by atoms with Crippen LogP contribution in [0.4, 0.5) is 0 Å². The van der Waals surface area contributed by atoms with Crippen molar-refractivity contribution in [3.05, 3.63) is 72.4 Å². The highest BCUT2D eigenvalue weighted by molar-refractivity contribution is 5.99. The van der Waals surface area contributed by atoms with Crippen molar-refractivity contribution >= 4 is 5.91 Å². The average molecular weight is 334 g/mol. The van der Waals surface area contributed by atoms with Gasteiger partial charge in [0.2, 0.25) is 0 Å². The van der Waals surface area contributed by atoms with Crippen LogP contribution in [-0.2, 0) is 0 Å². The molecule has 5 heteroatoms. The Balaban J connectivity index is 1.95. The Morgan fingerprint density at radius 2 is 1.68 bits per heavy atom. The predicted molar refractivity (Wildman–Crippen MR) is 99.9 cm³/mol. The lowest BCUT2D eigenvalue weighted by Gasteiger charge is -2.10. The third kappa shape index (κ3) is 4.14. The Bertz CT molecular complexity index is 825. The number of carbonyl (C=O) groups excluding carboxylic acids is 1. The van der Waals surface area contributed by atoms with E-state index in [4.69, 9.17) is 0 Å². The van der Waals surface area contributed by atoms with E-state index in [-0.39, 0.29) is 5.91 Å². The zero-order valence-corrected chi connectivity index (χ0v) is 14.5. The molecular weight excluding hydrogens is 312 g/mol. The first-order valence-electron chi connectivity index (χ1n) is 8.28. The van der Waals surface area contributed by atoms with Gasteiger partial charge >= 0.3 is 0 Å². The molecule has 0 unspecified atom stereocenters. The van der Waals surface area contributed by atoms with Crippen molar-refractivity contribution < 1.29 is 4.79 Å². The van der Waals surface area contributed by atoms with Crippen LogP contribution >= 0.6 is 0 Å². The van der Waals surface area contributed by atoms with E-state index in [2.05, 4.69) is 10.4 Å². The highest BCUT2D eigenvalue weighted by atomic mass is 16.1. The van der Waals surface area contributed by atoms with Crippen LogP contribution in [0.1, 0.15) is 10.4 Å². The van der Waals surface area contributed by atoms with Gasteiger partial charge in [-0.25, -0.2) is 4.68 Å². The predicted octanol–water partition coefficient (Wildman–Crippen LogP) is 2.83. The van der Waals surface area contributed by atoms with E-state index >= 15 is 0 Å². The van der Waals surface area contributed by atoms with E-state index in [1.165, 1.54) is 0 Å². The first-order chi connectivity index (χ1) is 12.1. The number of amides is 1. The average Bonchev–Trinajstić information content (AvgIpc) is 3.08. The summed E-state index contributed by atoms with van der Waals surface area (Å²) < 4.78 is 1.75. The van der Waals surface area contributed by atoms with Crippen molar-refractivity contribution in [1.29, 1.82) is 0 Å². The largest absolute Gasteiger partial charge is 0.351 e. The molecule has 0 radical (unpaired) electrons. The standard InChI is InChI=1S/C20H22N4O/c1-23(2)14-13-21-20(25)18-15-24(17-11-7-4-8-12-17)22-19(18)16-9-5-3-6-10-16/h3-12,15H,13-14H2,1-2H3,(H,21,25). The van der Waals surface area contributed by atoms with Crippen LogP contribution in [0, 0.1) is 0 Å². The van der Waals surface area contributed by atoms with Crippen LogP contribution in [0.5, 0.6) is 0 Å². The molecule has 3 rings (SSSR count). The number of nitrogens with zero attached hydrogens (tertiary/aromatic N) is 3. The molecule has 1 aromatic heterocycles. The first-order valence-corrected chi connectivity index (χ1v) is 8.28. The molecule has 0 bridgehead atoms. The monoisotopic (exact) mass is 334 g/mol. The quantitative estimate of drug-likeness (QED) is 0.754. The molecule has 0 aliphatic carbocycles. The Morgan fingerprint density at radius 3 is 2.32 bits per heavy atom. The van der Waals surface area contributed by atoms with E-state index in [0.29, 0.717) is 17.8 Å². The van der Waals surface area contributed by atoms with E-state index in [0.717, 1.165) is 17.8 Å². The Kier molecular flexibility index (Phi) is 5.26. The lowest BCUT2D eigenvalue weighted by molar-refractivity contribution is 0.0951. The molecule has 2 aromatic carbocycles. The Labute approximate surface area is 147 Å². The number of aromatic nitrogens is 2. The van der Waals surface area contributed by atoms with Gasteiger partial charge in [-0.1, -0.05) is 48.5 Å². The molecule has 3 aromatic rings. The van der Waals surface area contributed by atoms with Crippen molar-refractivity contribution in [3.8, 4) is 16.9 Å². The second-order valence-corrected chi connectivity index (χ2v) is 6.10. The molecule has 25 heavy (non-hydrogen) atoms. The van der Waals surface area contributed by atoms with Gasteiger partial charge in [0.15, 0.2) is 0 Å². The molecule has 0 atom stereocenters. The Hall–Kier alpha value is -2.92. The fourth-order valence-electron chi connectivity index (χ4n) is 2.55. The number of hydrogen-bond acceptors (Lipinski definition) is 3. The van der Waals surface area contributed by atoms with Crippen LogP contribution < -0.4 is 5.32 Å². The number of carbonyl (C=O) groups is 1. The lowest BCUT2D eigenvalue weighted by atomic mass is 10.1. The van der Waals surface area contributed by atoms with Gasteiger partial charge in [-0.15, -0.1) is 0 Å². The van der Waals surface area contributed by atoms with Gasteiger partial charge in [0.25, 0.3) is 5.91 Å². The van der Waals surface area contributed by atoms with Crippen LogP contribution in [0.15, 0.2) is 66.9 Å². The van der Waals surface area contributed by atoms with Gasteiger partial charge in [-0.05, 0) is 26.2 Å². The number of likely N-dealkylation sites (N-methyl/N-ethyl adjacent to an activating group) is 1. The van der Waals surface area contributed by atoms with Crippen molar-refractivity contribution in [1.82, 2.24) is 20.0 Å². The number of rotatable bonds is 6. The summed E-state index contributed by atoms with van der Waals surface area (Å²) in [5, 5.41) is 7.63. The normalized spacial score (nSPS) is 10.8. The molecule has 1 amide bonds. The molecule has 1 heterocycles. The van der Waals surface area contributed by atoms with E-state index in [1.54, 1.807) is 10.9 Å². The number of nitrogens with one attached hydrogen (secondary N) is 1. The van der Waals surface area contributed by atoms with Crippen LogP contribution in [-0.4, -0.2) is 47.8 Å². The highest BCUT2D eigenvalue weighted by Gasteiger charge is 2.18. The van der Waals surface area contributed by atoms with E-state index in [9.17, 15) is 4.79 Å². The second-order valence-electron chi connectivity index (χ2n) is 6.10. The maximum atomic E-state index is 12.7. The SMILES string of the molecule is CN(C)CCNC(=O)c1cn(-c2ccccc2)nc1-c1ccccc1. The van der Waals surface area contributed by atoms with Crippen LogP contribution in [0.2, 0.25) is 0 Å². The summed E-state index contributed by atoms with van der Waals surface area (Å²) in [5.41, 5.74) is 3.11. The third-order valence-corrected chi connectivity index (χ3v) is 3.87. The number of benzene rings is 2. The molecule has 0 saturated heterocycles. The summed E-state index contributed by atoms with van der Waals surface area (Å²) in [4.78, 5) is 14.7. The first kappa shape index (κ1) is 16.9. The summed E-state index contributed by atoms with van der Waals surface area (Å²) in [7, 11) is 3.96. The summed E-state index contributed by atoms with van der Waals surface area (Å²) in [6, 6.07) is 19.6. The molecule has 0 spiro atoms. The van der Waals surface area contributed by atoms with Crippen LogP contribution in [0.3, 0.4) is 0 Å². The molecule has 0 fully saturated rings. The fourth-order valence-corrected chi connectivity index (χ4v) is 2.55. The molecule has 0 aliphatic heterocycles. The second kappa shape index (κ2) is 7.77. The zero-order valence-electron chi connectivity index (χ0n) is 14.5. The van der Waals surface area contributed by atoms with Crippen molar-refractivity contribution in [2.45, 2.75) is 0 Å². The molecule has 5 nitrogen and oxygen atoms in total. The molecule has 0 saturated carbocycles. The maximum Gasteiger partial charge on any atom is 0.255 e. The highest BCUT2D eigenvalue weighted by Crippen LogP contribution is 2.23. The minimum atomic E-state index is -0.108. The lowest BCUT2D eigenvalue weighted by Crippen LogP contribution is -2.31. The molecule has 1 N–H and O–H groups in total. The molecule has 128 valence electrons. The van der Waals surface area contributed by atoms with Crippen LogP contribution in [0.25, 0.3) is 16.9 Å². The summed E-state index contributed by atoms with van der Waals surface area (Å²) in [6.07, 6.45) is 1.79. The Morgan fingerprint density at radius 1 is 1.04 bits per heavy atom. The fraction of sp³-hybridized carbons (Fsp3) is 0.200. The minimum absolute atomic E-state index is 0.108. The van der Waals surface area contributed by atoms with Gasteiger partial charge in [-0.2, -0.15) is 5.10 Å². The maximum absolute atomic E-state index is 12.7. The number of hydrogen-bond donors (Lipinski definition) is 1. The molecular formula is C20H22N4O. The summed E-state index contributed by atoms with van der Waals surface area (Å²) in [5.74, 6) is -0.108. The van der Waals surface area contributed by atoms with Crippen molar-refractivity contribution in [3.63, 3.8) is 0 Å². The van der Waals surface area contributed by atoms with Gasteiger partial charge < -0.3 is 10.2 Å². The number of para-hydroxylation sites is 1. The minimum Gasteiger partial charge on any atom is -0.351 e. The summed E-state index contributed by atoms with van der Waals surface area (Å²) in [6.45, 7) is 1.38.